The summed E-state index contributed by atoms with van der Waals surface area (Å²) in [5.74, 6) is 3.91. The van der Waals surface area contributed by atoms with Crippen LogP contribution >= 0.6 is 0 Å². The van der Waals surface area contributed by atoms with Crippen molar-refractivity contribution >= 4 is 0 Å². The fraction of sp³-hybridized carbons (Fsp3) is 0.925. The Kier molecular flexibility index (Phi) is 30.6. The minimum Gasteiger partial charge on any atom is -0.341 e. The topological polar surface area (TPSA) is 34.0 Å². The van der Waals surface area contributed by atoms with Gasteiger partial charge >= 0.3 is 0 Å². The molecular formula is C40H87N7. The molecule has 282 valence electrons. The van der Waals surface area contributed by atoms with Crippen molar-refractivity contribution in [3.63, 3.8) is 0 Å². The van der Waals surface area contributed by atoms with Gasteiger partial charge in [0.1, 0.15) is 0 Å². The first-order valence-electron chi connectivity index (χ1n) is 18.8. The lowest BCUT2D eigenvalue weighted by Crippen LogP contribution is -2.28. The smallest absolute Gasteiger partial charge is 0.0943 e. The number of piperidine rings is 5. The highest BCUT2D eigenvalue weighted by Crippen LogP contribution is 2.15. The molecule has 6 heterocycles. The zero-order valence-electron chi connectivity index (χ0n) is 32.0. The van der Waals surface area contributed by atoms with Crippen LogP contribution in [0.5, 0.6) is 0 Å². The van der Waals surface area contributed by atoms with Gasteiger partial charge in [-0.3, -0.25) is 0 Å². The number of likely N-dealkylation sites (tertiary alicyclic amines) is 5. The van der Waals surface area contributed by atoms with Crippen molar-refractivity contribution in [2.45, 2.75) is 113 Å². The lowest BCUT2D eigenvalue weighted by Gasteiger charge is -2.26. The number of aromatic nitrogens is 2. The Hall–Kier alpha value is -0.990. The molecule has 5 aliphatic rings. The molecule has 1 aromatic heterocycles. The van der Waals surface area contributed by atoms with Gasteiger partial charge < -0.3 is 29.1 Å². The van der Waals surface area contributed by atoms with Crippen LogP contribution in [-0.2, 0) is 7.05 Å². The molecule has 1 aromatic rings. The van der Waals surface area contributed by atoms with Gasteiger partial charge in [-0.25, -0.2) is 4.98 Å². The van der Waals surface area contributed by atoms with E-state index in [1.807, 2.05) is 17.8 Å². The van der Waals surface area contributed by atoms with Crippen molar-refractivity contribution in [1.29, 1.82) is 0 Å². The van der Waals surface area contributed by atoms with Crippen LogP contribution in [0.15, 0.2) is 18.7 Å². The molecule has 47 heavy (non-hydrogen) atoms. The van der Waals surface area contributed by atoms with E-state index in [9.17, 15) is 0 Å². The number of imidazole rings is 1. The van der Waals surface area contributed by atoms with Gasteiger partial charge in [0.25, 0.3) is 0 Å². The normalized spacial score (nSPS) is 22.8. The second-order valence-electron chi connectivity index (χ2n) is 15.5. The van der Waals surface area contributed by atoms with Crippen LogP contribution in [0.25, 0.3) is 0 Å². The van der Waals surface area contributed by atoms with E-state index in [1.54, 1.807) is 12.5 Å². The molecule has 0 radical (unpaired) electrons. The highest BCUT2D eigenvalue weighted by atomic mass is 15.1. The van der Waals surface area contributed by atoms with Crippen molar-refractivity contribution in [3.8, 4) is 0 Å². The van der Waals surface area contributed by atoms with Gasteiger partial charge in [0, 0.05) is 19.4 Å². The molecule has 0 aliphatic carbocycles. The number of nitrogens with zero attached hydrogens (tertiary/aromatic N) is 7. The maximum absolute atomic E-state index is 3.78. The second-order valence-corrected chi connectivity index (χ2v) is 15.5. The van der Waals surface area contributed by atoms with Crippen LogP contribution in [-0.4, -0.2) is 135 Å². The summed E-state index contributed by atoms with van der Waals surface area (Å²) >= 11 is 0. The van der Waals surface area contributed by atoms with Gasteiger partial charge in [0.05, 0.1) is 6.33 Å². The predicted molar refractivity (Wildman–Crippen MR) is 212 cm³/mol. The van der Waals surface area contributed by atoms with Crippen LogP contribution in [0, 0.1) is 23.7 Å². The van der Waals surface area contributed by atoms with Gasteiger partial charge in [-0.05, 0) is 189 Å². The maximum atomic E-state index is 3.78. The van der Waals surface area contributed by atoms with Crippen LogP contribution in [0.3, 0.4) is 0 Å². The third-order valence-corrected chi connectivity index (χ3v) is 10.2. The molecule has 6 rings (SSSR count). The SMILES string of the molecule is C.C.CC1CCN(C)CC1.CC1CCN(C)CC1.CC1CCN(C)CC1.CC1CCN(C)CC1.CN1CCCCC1.Cn1ccnc1. The monoisotopic (exact) mass is 666 g/mol. The summed E-state index contributed by atoms with van der Waals surface area (Å²) in [6.07, 6.45) is 20.9. The van der Waals surface area contributed by atoms with Gasteiger partial charge in [0.2, 0.25) is 0 Å². The van der Waals surface area contributed by atoms with Crippen LogP contribution in [0.4, 0.5) is 0 Å². The van der Waals surface area contributed by atoms with Gasteiger partial charge in [-0.15, -0.1) is 0 Å². The maximum Gasteiger partial charge on any atom is 0.0943 e. The third kappa shape index (κ3) is 28.5. The Morgan fingerprint density at radius 3 is 0.787 bits per heavy atom. The predicted octanol–water partition coefficient (Wildman–Crippen LogP) is 8.19. The third-order valence-electron chi connectivity index (χ3n) is 10.2. The Labute approximate surface area is 296 Å². The highest BCUT2D eigenvalue weighted by molar-refractivity contribution is 4.70. The fourth-order valence-corrected chi connectivity index (χ4v) is 5.93. The summed E-state index contributed by atoms with van der Waals surface area (Å²) in [5.41, 5.74) is 0. The van der Waals surface area contributed by atoms with Crippen molar-refractivity contribution in [2.75, 3.05) is 101 Å². The quantitative estimate of drug-likeness (QED) is 0.278. The van der Waals surface area contributed by atoms with Crippen LogP contribution < -0.4 is 0 Å². The molecule has 0 atom stereocenters. The van der Waals surface area contributed by atoms with E-state index >= 15 is 0 Å². The van der Waals surface area contributed by atoms with E-state index in [4.69, 9.17) is 0 Å². The minimum atomic E-state index is 0. The van der Waals surface area contributed by atoms with Crippen molar-refractivity contribution in [3.05, 3.63) is 18.7 Å². The summed E-state index contributed by atoms with van der Waals surface area (Å²) in [7, 11) is 12.9. The molecule has 5 fully saturated rings. The van der Waals surface area contributed by atoms with Crippen LogP contribution in [0.2, 0.25) is 0 Å². The Balaban J connectivity index is 0. The molecule has 0 aromatic carbocycles. The highest BCUT2D eigenvalue weighted by Gasteiger charge is 2.13. The van der Waals surface area contributed by atoms with Crippen molar-refractivity contribution < 1.29 is 0 Å². The van der Waals surface area contributed by atoms with Crippen molar-refractivity contribution in [1.82, 2.24) is 34.1 Å². The van der Waals surface area contributed by atoms with E-state index < -0.39 is 0 Å². The lowest BCUT2D eigenvalue weighted by molar-refractivity contribution is 0.230. The molecule has 5 saturated heterocycles. The van der Waals surface area contributed by atoms with Gasteiger partial charge in [-0.2, -0.15) is 0 Å². The number of rotatable bonds is 0. The van der Waals surface area contributed by atoms with E-state index in [-0.39, 0.29) is 14.9 Å². The zero-order valence-corrected chi connectivity index (χ0v) is 32.0. The molecule has 5 aliphatic heterocycles. The Morgan fingerprint density at radius 2 is 0.660 bits per heavy atom. The molecule has 0 bridgehead atoms. The minimum absolute atomic E-state index is 0. The molecule has 0 N–H and O–H groups in total. The number of aryl methyl sites for hydroxylation is 1. The fourth-order valence-electron chi connectivity index (χ4n) is 5.93. The largest absolute Gasteiger partial charge is 0.341 e. The summed E-state index contributed by atoms with van der Waals surface area (Å²) in [6, 6.07) is 0. The Bertz CT molecular complexity index is 615. The standard InChI is InChI=1S/4C7H15N.C6H13N.C4H6N2.2CH4/c4*1-7-3-5-8(2)6-4-7;1-7-5-3-2-4-6-7;1-6-3-2-5-4-6;;/h4*7H,3-6H2,1-2H3;2-6H2,1H3;2-4H,1H3;2*1H4. The molecule has 7 nitrogen and oxygen atoms in total. The van der Waals surface area contributed by atoms with E-state index in [0.29, 0.717) is 0 Å². The average Bonchev–Trinajstić information content (AvgIpc) is 3.52. The summed E-state index contributed by atoms with van der Waals surface area (Å²) in [5, 5.41) is 0. The number of hydrogen-bond donors (Lipinski definition) is 0. The summed E-state index contributed by atoms with van der Waals surface area (Å²) < 4.78 is 1.89. The van der Waals surface area contributed by atoms with Crippen LogP contribution in [0.1, 0.15) is 113 Å². The molecule has 0 saturated carbocycles. The molecule has 0 amide bonds. The summed E-state index contributed by atoms with van der Waals surface area (Å²) in [4.78, 5) is 15.8. The lowest BCUT2D eigenvalue weighted by atomic mass is 10.00. The summed E-state index contributed by atoms with van der Waals surface area (Å²) in [6.45, 7) is 22.5. The molecule has 0 unspecified atom stereocenters. The average molecular weight is 666 g/mol. The number of hydrogen-bond acceptors (Lipinski definition) is 6. The first-order valence-corrected chi connectivity index (χ1v) is 18.8. The van der Waals surface area contributed by atoms with Gasteiger partial charge in [-0.1, -0.05) is 49.0 Å². The van der Waals surface area contributed by atoms with E-state index in [1.165, 1.54) is 136 Å². The second kappa shape index (κ2) is 29.9. The van der Waals surface area contributed by atoms with Gasteiger partial charge in [0.15, 0.2) is 0 Å². The van der Waals surface area contributed by atoms with E-state index in [0.717, 1.165) is 23.7 Å². The first-order chi connectivity index (χ1) is 21.4. The first kappa shape index (κ1) is 48.1. The Morgan fingerprint density at radius 1 is 0.404 bits per heavy atom. The molecule has 7 heteroatoms. The van der Waals surface area contributed by atoms with E-state index in [2.05, 4.69) is 92.4 Å². The molecule has 0 spiro atoms. The zero-order chi connectivity index (χ0) is 33.5. The van der Waals surface area contributed by atoms with Crippen molar-refractivity contribution in [2.24, 2.45) is 30.7 Å². The molecular weight excluding hydrogens is 578 g/mol.